The Kier molecular flexibility index (Phi) is 3.86. The number of benzene rings is 1. The average Bonchev–Trinajstić information content (AvgIpc) is 2.27. The zero-order valence-corrected chi connectivity index (χ0v) is 9.54. The Morgan fingerprint density at radius 1 is 1.31 bits per heavy atom. The van der Waals surface area contributed by atoms with Crippen molar-refractivity contribution in [3.05, 3.63) is 24.3 Å². The summed E-state index contributed by atoms with van der Waals surface area (Å²) >= 11 is 0. The van der Waals surface area contributed by atoms with Crippen molar-refractivity contribution in [3.8, 4) is 0 Å². The largest absolute Gasteiger partial charge is 0.376 e. The van der Waals surface area contributed by atoms with Crippen LogP contribution in [0.5, 0.6) is 0 Å². The standard InChI is InChI=1S/C9H13N3O3S/c1-11-16(14,15)8-4-2-7(3-5-8)12-6-9(10)13/h2-5,11-12H,6H2,1H3,(H2,10,13). The lowest BCUT2D eigenvalue weighted by Crippen LogP contribution is -2.22. The fourth-order valence-corrected chi connectivity index (χ4v) is 1.79. The fourth-order valence-electron chi connectivity index (χ4n) is 1.06. The third-order valence-corrected chi connectivity index (χ3v) is 3.33. The molecule has 1 aromatic carbocycles. The number of sulfonamides is 1. The molecule has 0 radical (unpaired) electrons. The zero-order chi connectivity index (χ0) is 12.2. The van der Waals surface area contributed by atoms with E-state index in [0.717, 1.165) is 0 Å². The van der Waals surface area contributed by atoms with Crippen molar-refractivity contribution >= 4 is 21.6 Å². The van der Waals surface area contributed by atoms with Crippen LogP contribution in [-0.4, -0.2) is 27.9 Å². The Morgan fingerprint density at radius 2 is 1.88 bits per heavy atom. The van der Waals surface area contributed by atoms with Crippen LogP contribution in [0.3, 0.4) is 0 Å². The predicted molar refractivity (Wildman–Crippen MR) is 60.4 cm³/mol. The molecule has 1 amide bonds. The molecule has 0 saturated carbocycles. The third-order valence-electron chi connectivity index (χ3n) is 1.90. The van der Waals surface area contributed by atoms with Gasteiger partial charge in [0.1, 0.15) is 0 Å². The number of primary amides is 1. The molecule has 0 aromatic heterocycles. The summed E-state index contributed by atoms with van der Waals surface area (Å²) in [5.41, 5.74) is 5.59. The molecule has 0 heterocycles. The summed E-state index contributed by atoms with van der Waals surface area (Å²) in [5, 5.41) is 2.75. The van der Waals surface area contributed by atoms with Crippen molar-refractivity contribution in [1.82, 2.24) is 4.72 Å². The molecule has 0 unspecified atom stereocenters. The Bertz CT molecular complexity index is 467. The Balaban J connectivity index is 2.80. The first-order valence-corrected chi connectivity index (χ1v) is 6.00. The minimum absolute atomic E-state index is 0.0120. The molecule has 4 N–H and O–H groups in total. The monoisotopic (exact) mass is 243 g/mol. The molecular formula is C9H13N3O3S. The van der Waals surface area contributed by atoms with Crippen LogP contribution in [-0.2, 0) is 14.8 Å². The molecule has 7 heteroatoms. The van der Waals surface area contributed by atoms with Gasteiger partial charge in [0.05, 0.1) is 11.4 Å². The van der Waals surface area contributed by atoms with Crippen LogP contribution >= 0.6 is 0 Å². The quantitative estimate of drug-likeness (QED) is 0.648. The number of hydrogen-bond donors (Lipinski definition) is 3. The van der Waals surface area contributed by atoms with Gasteiger partial charge in [0.15, 0.2) is 0 Å². The molecule has 0 spiro atoms. The minimum atomic E-state index is -3.42. The molecule has 1 aromatic rings. The molecule has 0 atom stereocenters. The van der Waals surface area contributed by atoms with Gasteiger partial charge >= 0.3 is 0 Å². The number of amides is 1. The maximum absolute atomic E-state index is 11.4. The number of carbonyl (C=O) groups excluding carboxylic acids is 1. The van der Waals surface area contributed by atoms with Crippen molar-refractivity contribution in [1.29, 1.82) is 0 Å². The third kappa shape index (κ3) is 3.21. The van der Waals surface area contributed by atoms with Crippen LogP contribution in [0.2, 0.25) is 0 Å². The predicted octanol–water partition coefficient (Wildman–Crippen LogP) is -0.508. The number of nitrogens with one attached hydrogen (secondary N) is 2. The van der Waals surface area contributed by atoms with Crippen LogP contribution in [0.25, 0.3) is 0 Å². The Hall–Kier alpha value is -1.60. The van der Waals surface area contributed by atoms with Gasteiger partial charge in [-0.3, -0.25) is 4.79 Å². The van der Waals surface area contributed by atoms with Crippen LogP contribution in [0.4, 0.5) is 5.69 Å². The van der Waals surface area contributed by atoms with Gasteiger partial charge in [-0.05, 0) is 31.3 Å². The van der Waals surface area contributed by atoms with Gasteiger partial charge in [-0.1, -0.05) is 0 Å². The molecule has 6 nitrogen and oxygen atoms in total. The lowest BCUT2D eigenvalue weighted by atomic mass is 10.3. The number of anilines is 1. The van der Waals surface area contributed by atoms with Crippen LogP contribution in [0, 0.1) is 0 Å². The molecule has 0 aliphatic heterocycles. The lowest BCUT2D eigenvalue weighted by Gasteiger charge is -2.05. The van der Waals surface area contributed by atoms with Crippen molar-refractivity contribution in [2.75, 3.05) is 18.9 Å². The highest BCUT2D eigenvalue weighted by atomic mass is 32.2. The van der Waals surface area contributed by atoms with Crippen molar-refractivity contribution in [2.45, 2.75) is 4.90 Å². The van der Waals surface area contributed by atoms with E-state index in [-0.39, 0.29) is 11.4 Å². The van der Waals surface area contributed by atoms with Crippen LogP contribution in [0.1, 0.15) is 0 Å². The molecular weight excluding hydrogens is 230 g/mol. The molecule has 0 aliphatic carbocycles. The van der Waals surface area contributed by atoms with Crippen LogP contribution in [0.15, 0.2) is 29.2 Å². The van der Waals surface area contributed by atoms with Crippen molar-refractivity contribution in [2.24, 2.45) is 5.73 Å². The molecule has 16 heavy (non-hydrogen) atoms. The summed E-state index contributed by atoms with van der Waals surface area (Å²) in [6, 6.07) is 6.00. The Labute approximate surface area is 93.9 Å². The summed E-state index contributed by atoms with van der Waals surface area (Å²) in [6.07, 6.45) is 0. The molecule has 0 bridgehead atoms. The van der Waals surface area contributed by atoms with E-state index in [1.807, 2.05) is 0 Å². The zero-order valence-electron chi connectivity index (χ0n) is 8.73. The van der Waals surface area contributed by atoms with E-state index in [0.29, 0.717) is 5.69 Å². The highest BCUT2D eigenvalue weighted by Crippen LogP contribution is 2.13. The second-order valence-corrected chi connectivity index (χ2v) is 4.94. The second-order valence-electron chi connectivity index (χ2n) is 3.05. The van der Waals surface area contributed by atoms with E-state index in [1.54, 1.807) is 12.1 Å². The number of rotatable bonds is 5. The highest BCUT2D eigenvalue weighted by molar-refractivity contribution is 7.89. The SMILES string of the molecule is CNS(=O)(=O)c1ccc(NCC(N)=O)cc1. The topological polar surface area (TPSA) is 101 Å². The van der Waals surface area contributed by atoms with E-state index >= 15 is 0 Å². The highest BCUT2D eigenvalue weighted by Gasteiger charge is 2.10. The summed E-state index contributed by atoms with van der Waals surface area (Å²) in [5.74, 6) is -0.480. The van der Waals surface area contributed by atoms with E-state index in [9.17, 15) is 13.2 Å². The summed E-state index contributed by atoms with van der Waals surface area (Å²) in [6.45, 7) is 0.0120. The van der Waals surface area contributed by atoms with Gasteiger partial charge in [-0.25, -0.2) is 13.1 Å². The van der Waals surface area contributed by atoms with E-state index in [1.165, 1.54) is 19.2 Å². The van der Waals surface area contributed by atoms with E-state index in [2.05, 4.69) is 10.0 Å². The molecule has 0 fully saturated rings. The maximum Gasteiger partial charge on any atom is 0.240 e. The second kappa shape index (κ2) is 4.95. The van der Waals surface area contributed by atoms with Gasteiger partial charge in [-0.2, -0.15) is 0 Å². The lowest BCUT2D eigenvalue weighted by molar-refractivity contribution is -0.116. The van der Waals surface area contributed by atoms with Gasteiger partial charge in [0.2, 0.25) is 15.9 Å². The smallest absolute Gasteiger partial charge is 0.240 e. The van der Waals surface area contributed by atoms with Gasteiger partial charge in [0, 0.05) is 5.69 Å². The van der Waals surface area contributed by atoms with Crippen molar-refractivity contribution in [3.63, 3.8) is 0 Å². The van der Waals surface area contributed by atoms with Crippen LogP contribution < -0.4 is 15.8 Å². The number of nitrogens with two attached hydrogens (primary N) is 1. The van der Waals surface area contributed by atoms with E-state index in [4.69, 9.17) is 5.73 Å². The molecule has 0 aliphatic rings. The van der Waals surface area contributed by atoms with Gasteiger partial charge < -0.3 is 11.1 Å². The summed E-state index contributed by atoms with van der Waals surface area (Å²) in [7, 11) is -2.07. The minimum Gasteiger partial charge on any atom is -0.376 e. The van der Waals surface area contributed by atoms with Crippen molar-refractivity contribution < 1.29 is 13.2 Å². The van der Waals surface area contributed by atoms with Gasteiger partial charge in [0.25, 0.3) is 0 Å². The summed E-state index contributed by atoms with van der Waals surface area (Å²) < 4.78 is 25.0. The number of hydrogen-bond acceptors (Lipinski definition) is 4. The fraction of sp³-hybridized carbons (Fsp3) is 0.222. The first kappa shape index (κ1) is 12.5. The molecule has 0 saturated heterocycles. The van der Waals surface area contributed by atoms with E-state index < -0.39 is 15.9 Å². The normalized spacial score (nSPS) is 11.1. The molecule has 1 rings (SSSR count). The Morgan fingerprint density at radius 3 is 2.31 bits per heavy atom. The maximum atomic E-state index is 11.4. The van der Waals surface area contributed by atoms with Gasteiger partial charge in [-0.15, -0.1) is 0 Å². The average molecular weight is 243 g/mol. The molecule has 88 valence electrons. The first-order valence-electron chi connectivity index (χ1n) is 4.51. The first-order chi connectivity index (χ1) is 7.45. The number of carbonyl (C=O) groups is 1. The summed E-state index contributed by atoms with van der Waals surface area (Å²) in [4.78, 5) is 10.7.